The summed E-state index contributed by atoms with van der Waals surface area (Å²) >= 11 is 0. The molecule has 2 aliphatic rings. The molecule has 0 radical (unpaired) electrons. The first-order valence-electron chi connectivity index (χ1n) is 20.3. The van der Waals surface area contributed by atoms with Crippen molar-refractivity contribution < 1.29 is 0 Å². The first-order valence-corrected chi connectivity index (χ1v) is 24.7. The van der Waals surface area contributed by atoms with Gasteiger partial charge in [-0.2, -0.15) is 0 Å². The van der Waals surface area contributed by atoms with Crippen LogP contribution in [0.15, 0.2) is 85.2 Å². The van der Waals surface area contributed by atoms with Crippen molar-refractivity contribution in [2.45, 2.75) is 155 Å². The second kappa shape index (κ2) is 15.4. The van der Waals surface area contributed by atoms with Crippen molar-refractivity contribution >= 4 is 26.5 Å². The van der Waals surface area contributed by atoms with E-state index in [0.717, 1.165) is 26.2 Å². The van der Waals surface area contributed by atoms with Crippen LogP contribution in [0, 0.1) is 0 Å². The van der Waals surface area contributed by atoms with E-state index in [2.05, 4.69) is 178 Å². The van der Waals surface area contributed by atoms with Crippen LogP contribution in [0.2, 0.25) is 33.2 Å². The van der Waals surface area contributed by atoms with Gasteiger partial charge < -0.3 is 0 Å². The highest BCUT2D eigenvalue weighted by molar-refractivity contribution is 6.95. The molecule has 4 nitrogen and oxygen atoms in total. The summed E-state index contributed by atoms with van der Waals surface area (Å²) in [5.41, 5.74) is 12.2. The molecule has 2 atom stereocenters. The number of aromatic nitrogens is 2. The van der Waals surface area contributed by atoms with Gasteiger partial charge in [0, 0.05) is 38.6 Å². The molecule has 4 heterocycles. The number of hydrogen-bond acceptors (Lipinski definition) is 4. The lowest BCUT2D eigenvalue weighted by molar-refractivity contribution is 0.0821. The molecule has 6 heteroatoms. The summed E-state index contributed by atoms with van der Waals surface area (Å²) in [6.07, 6.45) is 4.53. The molecule has 0 saturated carbocycles. The van der Waals surface area contributed by atoms with Gasteiger partial charge in [0.1, 0.15) is 0 Å². The van der Waals surface area contributed by atoms with Crippen LogP contribution in [0.5, 0.6) is 0 Å². The third-order valence-electron chi connectivity index (χ3n) is 13.7. The SMILES string of the molecule is CC(C)[Si](c1ccc(CN2Cc3ccccc3[C@H]2[C@@H]2c3ccccc3CN2Cc2ccc([Si](C(C)C)(C(C)C)C(C)C)cn2)nc1)(C(C)C)C(C)C. The normalized spacial score (nSPS) is 18.5. The van der Waals surface area contributed by atoms with Gasteiger partial charge in [-0.05, 0) is 78.0 Å². The zero-order valence-electron chi connectivity index (χ0n) is 34.3. The molecule has 2 aromatic heterocycles. The molecule has 6 rings (SSSR count). The average molecular weight is 731 g/mol. The van der Waals surface area contributed by atoms with Crippen molar-refractivity contribution in [3.8, 4) is 0 Å². The van der Waals surface area contributed by atoms with Gasteiger partial charge in [0.05, 0.1) is 39.6 Å². The molecule has 0 spiro atoms. The second-order valence-electron chi connectivity index (χ2n) is 18.0. The Kier molecular flexibility index (Phi) is 11.5. The zero-order chi connectivity index (χ0) is 37.5. The standard InChI is InChI=1S/C46H66N4Si2/c1-31(2)51(32(3)4,33(5)6)41-23-21-39(47-25-41)29-49-27-37-17-13-15-19-43(37)45(49)46-44-20-16-14-18-38(44)28-50(46)30-40-22-24-42(26-48-40)52(34(7)8,35(9)10)36(11)12/h13-26,31-36,45-46H,27-30H2,1-12H3/t45-,46-/m0/s1. The molecule has 0 amide bonds. The molecular weight excluding hydrogens is 665 g/mol. The van der Waals surface area contributed by atoms with Crippen molar-refractivity contribution in [2.24, 2.45) is 0 Å². The third kappa shape index (κ3) is 6.60. The molecule has 0 bridgehead atoms. The number of benzene rings is 2. The van der Waals surface area contributed by atoms with Crippen molar-refractivity contribution in [3.05, 3.63) is 119 Å². The first-order chi connectivity index (χ1) is 24.7. The number of rotatable bonds is 13. The maximum Gasteiger partial charge on any atom is 0.0962 e. The van der Waals surface area contributed by atoms with E-state index in [-0.39, 0.29) is 12.1 Å². The molecule has 0 fully saturated rings. The van der Waals surface area contributed by atoms with Gasteiger partial charge in [0.15, 0.2) is 0 Å². The average Bonchev–Trinajstić information content (AvgIpc) is 3.62. The van der Waals surface area contributed by atoms with Crippen LogP contribution in [0.4, 0.5) is 0 Å². The quantitative estimate of drug-likeness (QED) is 0.128. The van der Waals surface area contributed by atoms with Gasteiger partial charge in [0.2, 0.25) is 0 Å². The van der Waals surface area contributed by atoms with Crippen LogP contribution in [-0.4, -0.2) is 35.9 Å². The molecule has 52 heavy (non-hydrogen) atoms. The molecule has 4 aromatic rings. The van der Waals surface area contributed by atoms with E-state index in [1.807, 2.05) is 0 Å². The summed E-state index contributed by atoms with van der Waals surface area (Å²) < 4.78 is 0. The van der Waals surface area contributed by atoms with Crippen LogP contribution >= 0.6 is 0 Å². The van der Waals surface area contributed by atoms with Gasteiger partial charge in [-0.3, -0.25) is 19.8 Å². The number of hydrogen-bond donors (Lipinski definition) is 0. The summed E-state index contributed by atoms with van der Waals surface area (Å²) in [5, 5.41) is 3.03. The maximum atomic E-state index is 5.25. The highest BCUT2D eigenvalue weighted by Gasteiger charge is 2.47. The maximum absolute atomic E-state index is 5.25. The Bertz CT molecular complexity index is 1620. The van der Waals surface area contributed by atoms with E-state index in [0.29, 0.717) is 33.2 Å². The Balaban J connectivity index is 1.33. The smallest absolute Gasteiger partial charge is 0.0962 e. The van der Waals surface area contributed by atoms with Crippen LogP contribution in [-0.2, 0) is 26.2 Å². The zero-order valence-corrected chi connectivity index (χ0v) is 36.3. The molecular formula is C46H66N4Si2. The van der Waals surface area contributed by atoms with Crippen LogP contribution in [0.1, 0.15) is 129 Å². The van der Waals surface area contributed by atoms with Gasteiger partial charge in [0.25, 0.3) is 0 Å². The van der Waals surface area contributed by atoms with Gasteiger partial charge in [-0.15, -0.1) is 0 Å². The van der Waals surface area contributed by atoms with Gasteiger partial charge in [-0.1, -0.05) is 144 Å². The Morgan fingerprint density at radius 3 is 1.10 bits per heavy atom. The lowest BCUT2D eigenvalue weighted by Gasteiger charge is -2.43. The Morgan fingerprint density at radius 2 is 0.808 bits per heavy atom. The van der Waals surface area contributed by atoms with Gasteiger partial charge in [-0.25, -0.2) is 0 Å². The van der Waals surface area contributed by atoms with E-state index in [1.54, 1.807) is 0 Å². The van der Waals surface area contributed by atoms with E-state index < -0.39 is 16.1 Å². The summed E-state index contributed by atoms with van der Waals surface area (Å²) in [7, 11) is -3.52. The van der Waals surface area contributed by atoms with Crippen LogP contribution < -0.4 is 10.4 Å². The summed E-state index contributed by atoms with van der Waals surface area (Å²) in [6, 6.07) is 28.4. The topological polar surface area (TPSA) is 32.3 Å². The fourth-order valence-electron chi connectivity index (χ4n) is 12.0. The van der Waals surface area contributed by atoms with Gasteiger partial charge >= 0.3 is 0 Å². The number of pyridine rings is 2. The molecule has 0 saturated heterocycles. The number of nitrogens with zero attached hydrogens (tertiary/aromatic N) is 4. The molecule has 2 aliphatic heterocycles. The molecule has 0 unspecified atom stereocenters. The monoisotopic (exact) mass is 730 g/mol. The highest BCUT2D eigenvalue weighted by atomic mass is 28.3. The lowest BCUT2D eigenvalue weighted by atomic mass is 9.92. The summed E-state index contributed by atoms with van der Waals surface area (Å²) in [4.78, 5) is 15.9. The minimum Gasteiger partial charge on any atom is -0.284 e. The fourth-order valence-corrected chi connectivity index (χ4v) is 25.3. The van der Waals surface area contributed by atoms with Crippen molar-refractivity contribution in [3.63, 3.8) is 0 Å². The summed E-state index contributed by atoms with van der Waals surface area (Å²) in [6.45, 7) is 32.9. The minimum atomic E-state index is -1.76. The number of fused-ring (bicyclic) bond motifs is 2. The van der Waals surface area contributed by atoms with Crippen molar-refractivity contribution in [1.82, 2.24) is 19.8 Å². The van der Waals surface area contributed by atoms with E-state index in [9.17, 15) is 0 Å². The van der Waals surface area contributed by atoms with E-state index in [1.165, 1.54) is 44.0 Å². The predicted octanol–water partition coefficient (Wildman–Crippen LogP) is 11.1. The Morgan fingerprint density at radius 1 is 0.481 bits per heavy atom. The van der Waals surface area contributed by atoms with Crippen LogP contribution in [0.3, 0.4) is 0 Å². The lowest BCUT2D eigenvalue weighted by Crippen LogP contribution is -2.55. The minimum absolute atomic E-state index is 0.235. The molecule has 0 aliphatic carbocycles. The van der Waals surface area contributed by atoms with Crippen molar-refractivity contribution in [2.75, 3.05) is 0 Å². The van der Waals surface area contributed by atoms with Crippen LogP contribution in [0.25, 0.3) is 0 Å². The molecule has 2 aromatic carbocycles. The van der Waals surface area contributed by atoms with Crippen molar-refractivity contribution in [1.29, 1.82) is 0 Å². The second-order valence-corrected chi connectivity index (χ2v) is 29.8. The largest absolute Gasteiger partial charge is 0.284 e. The third-order valence-corrected chi connectivity index (χ3v) is 27.7. The van der Waals surface area contributed by atoms with E-state index >= 15 is 0 Å². The molecule has 0 N–H and O–H groups in total. The first kappa shape index (κ1) is 38.8. The highest BCUT2D eigenvalue weighted by Crippen LogP contribution is 2.50. The predicted molar refractivity (Wildman–Crippen MR) is 227 cm³/mol. The fraction of sp³-hybridized carbons (Fsp3) is 0.522. The Hall–Kier alpha value is -2.91. The molecule has 278 valence electrons. The summed E-state index contributed by atoms with van der Waals surface area (Å²) in [5.74, 6) is 0. The van der Waals surface area contributed by atoms with E-state index in [4.69, 9.17) is 9.97 Å². The Labute approximate surface area is 318 Å².